The quantitative estimate of drug-likeness (QED) is 0.592. The number of rotatable bonds is 6. The molecule has 1 unspecified atom stereocenters. The number of hydrogen-bond acceptors (Lipinski definition) is 5. The van der Waals surface area contributed by atoms with E-state index < -0.39 is 18.5 Å². The number of ketones is 1. The predicted octanol–water partition coefficient (Wildman–Crippen LogP) is 0.0425. The van der Waals surface area contributed by atoms with E-state index >= 15 is 0 Å². The molecule has 1 N–H and O–H groups in total. The van der Waals surface area contributed by atoms with E-state index in [1.807, 2.05) is 12.1 Å². The van der Waals surface area contributed by atoms with Crippen LogP contribution >= 0.6 is 0 Å². The lowest BCUT2D eigenvalue weighted by molar-refractivity contribution is -0.139. The number of carboxylic acid groups (broad SMARTS) is 1. The highest BCUT2D eigenvalue weighted by molar-refractivity contribution is 6.33. The van der Waals surface area contributed by atoms with Gasteiger partial charge in [-0.1, -0.05) is 35.2 Å². The van der Waals surface area contributed by atoms with Gasteiger partial charge in [0.25, 0.3) is 0 Å². The van der Waals surface area contributed by atoms with Crippen molar-refractivity contribution in [3.05, 3.63) is 48.0 Å². The molecule has 0 amide bonds. The van der Waals surface area contributed by atoms with Crippen molar-refractivity contribution >= 4 is 50.3 Å². The maximum atomic E-state index is 12.9. The summed E-state index contributed by atoms with van der Waals surface area (Å²) in [5.41, 5.74) is 2.01. The molecule has 0 aliphatic carbocycles. The van der Waals surface area contributed by atoms with Crippen molar-refractivity contribution in [2.45, 2.75) is 0 Å². The maximum Gasteiger partial charge on any atom is 0.341 e. The van der Waals surface area contributed by atoms with Crippen LogP contribution in [-0.2, 0) is 4.79 Å². The molecule has 0 saturated heterocycles. The van der Waals surface area contributed by atoms with Gasteiger partial charge in [-0.3, -0.25) is 9.80 Å². The Hall–Kier alpha value is -3.02. The average molecular weight is 344 g/mol. The summed E-state index contributed by atoms with van der Waals surface area (Å²) < 4.78 is 5.21. The van der Waals surface area contributed by atoms with Gasteiger partial charge in [-0.2, -0.15) is 5.10 Å². The zero-order valence-electron chi connectivity index (χ0n) is 13.8. The molecular weight excluding hydrogens is 330 g/mol. The Morgan fingerprint density at radius 1 is 1.19 bits per heavy atom. The topological polar surface area (TPSA) is 79.2 Å². The van der Waals surface area contributed by atoms with E-state index in [-0.39, 0.29) is 17.1 Å². The van der Waals surface area contributed by atoms with Gasteiger partial charge < -0.3 is 9.84 Å². The minimum absolute atomic E-state index is 0.183. The second-order valence-electron chi connectivity index (χ2n) is 5.85. The fourth-order valence-electron chi connectivity index (χ4n) is 2.65. The number of benzene rings is 2. The molecule has 1 aliphatic heterocycles. The standard InChI is InChI=1S/C18H14B2N2O4/c19-12-2-1-3-14(6-12)22-9-11(8-21-22)18(25)15-7-13(20)4-5-16(15)26-10-17(23)24/h1-8,11H,9-10H2,(H,23,24). The number of nitrogens with zero attached hydrogens (tertiary/aromatic N) is 2. The Kier molecular flexibility index (Phi) is 5.11. The van der Waals surface area contributed by atoms with E-state index in [9.17, 15) is 9.59 Å². The first-order valence-electron chi connectivity index (χ1n) is 7.89. The fraction of sp³-hybridized carbons (Fsp3) is 0.167. The second-order valence-corrected chi connectivity index (χ2v) is 5.85. The smallest absolute Gasteiger partial charge is 0.341 e. The summed E-state index contributed by atoms with van der Waals surface area (Å²) in [7, 11) is 11.6. The number of carbonyl (C=O) groups is 2. The molecular formula is C18H14B2N2O4. The Labute approximate surface area is 153 Å². The van der Waals surface area contributed by atoms with Crippen molar-refractivity contribution in [1.29, 1.82) is 0 Å². The fourth-order valence-corrected chi connectivity index (χ4v) is 2.65. The van der Waals surface area contributed by atoms with Crippen LogP contribution < -0.4 is 20.7 Å². The maximum absolute atomic E-state index is 12.9. The summed E-state index contributed by atoms with van der Waals surface area (Å²) >= 11 is 0. The molecule has 0 bridgehead atoms. The molecule has 8 heteroatoms. The van der Waals surface area contributed by atoms with Crippen LogP contribution in [0.15, 0.2) is 47.6 Å². The van der Waals surface area contributed by atoms with E-state index in [4.69, 9.17) is 25.5 Å². The normalized spacial score (nSPS) is 15.8. The molecule has 3 rings (SSSR count). The van der Waals surface area contributed by atoms with Gasteiger partial charge in [-0.25, -0.2) is 4.79 Å². The summed E-state index contributed by atoms with van der Waals surface area (Å²) in [6.07, 6.45) is 1.55. The first-order chi connectivity index (χ1) is 12.4. The van der Waals surface area contributed by atoms with Crippen LogP contribution in [0.25, 0.3) is 0 Å². The SMILES string of the molecule is [B]c1cccc(N2CC(C(=O)c3cc([B])ccc3OCC(=O)O)C=N2)c1. The van der Waals surface area contributed by atoms with Crippen LogP contribution in [0.5, 0.6) is 5.75 Å². The minimum Gasteiger partial charge on any atom is -0.481 e. The van der Waals surface area contributed by atoms with Crippen LogP contribution in [0.3, 0.4) is 0 Å². The van der Waals surface area contributed by atoms with Crippen LogP contribution in [0.1, 0.15) is 10.4 Å². The highest BCUT2D eigenvalue weighted by Crippen LogP contribution is 2.25. The first-order valence-corrected chi connectivity index (χ1v) is 7.89. The van der Waals surface area contributed by atoms with Crippen molar-refractivity contribution in [2.75, 3.05) is 18.2 Å². The molecule has 26 heavy (non-hydrogen) atoms. The molecule has 0 spiro atoms. The molecule has 1 heterocycles. The molecule has 4 radical (unpaired) electrons. The largest absolute Gasteiger partial charge is 0.481 e. The van der Waals surface area contributed by atoms with E-state index in [1.165, 1.54) is 12.1 Å². The third-order valence-corrected chi connectivity index (χ3v) is 3.88. The van der Waals surface area contributed by atoms with Crippen molar-refractivity contribution in [2.24, 2.45) is 11.0 Å². The number of hydrazone groups is 1. The van der Waals surface area contributed by atoms with Crippen molar-refractivity contribution < 1.29 is 19.4 Å². The lowest BCUT2D eigenvalue weighted by Crippen LogP contribution is -2.26. The summed E-state index contributed by atoms with van der Waals surface area (Å²) in [6.45, 7) is -0.201. The summed E-state index contributed by atoms with van der Waals surface area (Å²) in [4.78, 5) is 23.6. The van der Waals surface area contributed by atoms with E-state index in [0.717, 1.165) is 5.69 Å². The molecule has 2 aromatic carbocycles. The van der Waals surface area contributed by atoms with E-state index in [0.29, 0.717) is 17.5 Å². The second kappa shape index (κ2) is 7.47. The molecule has 0 aromatic heterocycles. The van der Waals surface area contributed by atoms with Gasteiger partial charge in [0.2, 0.25) is 0 Å². The van der Waals surface area contributed by atoms with Gasteiger partial charge >= 0.3 is 5.97 Å². The third-order valence-electron chi connectivity index (χ3n) is 3.88. The van der Waals surface area contributed by atoms with E-state index in [2.05, 4.69) is 5.10 Å². The monoisotopic (exact) mass is 344 g/mol. The number of Topliss-reactive ketones (excluding diaryl/α,β-unsaturated/α-hetero) is 1. The zero-order valence-corrected chi connectivity index (χ0v) is 13.8. The lowest BCUT2D eigenvalue weighted by Gasteiger charge is -2.17. The third kappa shape index (κ3) is 3.96. The molecule has 126 valence electrons. The molecule has 2 aromatic rings. The van der Waals surface area contributed by atoms with Crippen LogP contribution in [-0.4, -0.2) is 51.9 Å². The highest BCUT2D eigenvalue weighted by Gasteiger charge is 2.28. The molecule has 0 saturated carbocycles. The van der Waals surface area contributed by atoms with Gasteiger partial charge in [0.15, 0.2) is 12.4 Å². The molecule has 0 fully saturated rings. The van der Waals surface area contributed by atoms with Crippen LogP contribution in [0, 0.1) is 5.92 Å². The van der Waals surface area contributed by atoms with Crippen molar-refractivity contribution in [1.82, 2.24) is 0 Å². The predicted molar refractivity (Wildman–Crippen MR) is 100 cm³/mol. The summed E-state index contributed by atoms with van der Waals surface area (Å²) in [5.74, 6) is -1.70. The molecule has 1 atom stereocenters. The number of aliphatic carboxylic acids is 1. The Bertz CT molecular complexity index is 885. The Morgan fingerprint density at radius 3 is 2.69 bits per heavy atom. The van der Waals surface area contributed by atoms with Gasteiger partial charge in [0.05, 0.1) is 23.7 Å². The van der Waals surface area contributed by atoms with Gasteiger partial charge in [0.1, 0.15) is 21.4 Å². The van der Waals surface area contributed by atoms with Gasteiger partial charge in [-0.15, -0.1) is 0 Å². The number of anilines is 1. The number of carboxylic acids is 1. The summed E-state index contributed by atoms with van der Waals surface area (Å²) in [5, 5.41) is 14.7. The van der Waals surface area contributed by atoms with Gasteiger partial charge in [-0.05, 0) is 18.2 Å². The number of hydrogen-bond donors (Lipinski definition) is 1. The van der Waals surface area contributed by atoms with E-state index in [1.54, 1.807) is 29.4 Å². The zero-order chi connectivity index (χ0) is 18.7. The molecule has 6 nitrogen and oxygen atoms in total. The number of carbonyl (C=O) groups excluding carboxylic acids is 1. The van der Waals surface area contributed by atoms with Crippen LogP contribution in [0.4, 0.5) is 5.69 Å². The minimum atomic E-state index is -1.13. The average Bonchev–Trinajstić information content (AvgIpc) is 3.10. The first kappa shape index (κ1) is 17.8. The van der Waals surface area contributed by atoms with Crippen LogP contribution in [0.2, 0.25) is 0 Å². The Balaban J connectivity index is 1.79. The highest BCUT2D eigenvalue weighted by atomic mass is 16.5. The molecule has 1 aliphatic rings. The van der Waals surface area contributed by atoms with Gasteiger partial charge in [0, 0.05) is 6.21 Å². The number of ether oxygens (including phenoxy) is 1. The van der Waals surface area contributed by atoms with Crippen molar-refractivity contribution in [3.63, 3.8) is 0 Å². The Morgan fingerprint density at radius 2 is 1.96 bits per heavy atom. The summed E-state index contributed by atoms with van der Waals surface area (Å²) in [6, 6.07) is 11.7. The lowest BCUT2D eigenvalue weighted by atomic mass is 9.90. The van der Waals surface area contributed by atoms with Crippen molar-refractivity contribution in [3.8, 4) is 5.75 Å².